The van der Waals surface area contributed by atoms with Crippen LogP contribution in [0.4, 0.5) is 0 Å². The first-order valence-electron chi connectivity index (χ1n) is 6.02. The molecule has 0 aliphatic rings. The lowest BCUT2D eigenvalue weighted by atomic mass is 10.1. The Bertz CT molecular complexity index is 281. The molecule has 0 saturated heterocycles. The van der Waals surface area contributed by atoms with Gasteiger partial charge in [-0.25, -0.2) is 0 Å². The Balaban J connectivity index is 0.00000225. The molecular formula is C15H26O. The number of rotatable bonds is 6. The molecule has 0 bridgehead atoms. The molecule has 0 aromatic heterocycles. The van der Waals surface area contributed by atoms with Gasteiger partial charge in [0.1, 0.15) is 5.75 Å². The predicted molar refractivity (Wildman–Crippen MR) is 72.2 cm³/mol. The van der Waals surface area contributed by atoms with Crippen molar-refractivity contribution in [3.05, 3.63) is 29.8 Å². The van der Waals surface area contributed by atoms with Crippen LogP contribution in [0.5, 0.6) is 5.75 Å². The minimum Gasteiger partial charge on any atom is -0.490 e. The summed E-state index contributed by atoms with van der Waals surface area (Å²) in [5.74, 6) is 1.07. The highest BCUT2D eigenvalue weighted by Crippen LogP contribution is 2.21. The maximum absolute atomic E-state index is 5.89. The van der Waals surface area contributed by atoms with E-state index in [4.69, 9.17) is 4.74 Å². The molecule has 0 unspecified atom stereocenters. The standard InChI is InChI=1S/C14H22O.CH4/c1-4-6-9-13-10-7-8-11-14(13)15-12(3)5-2;/h7-8,10-12H,4-6,9H2,1-3H3;1H4/t12-;/m0./s1. The van der Waals surface area contributed by atoms with E-state index in [0.29, 0.717) is 6.10 Å². The van der Waals surface area contributed by atoms with Crippen molar-refractivity contribution in [2.24, 2.45) is 0 Å². The first kappa shape index (κ1) is 15.0. The van der Waals surface area contributed by atoms with Crippen LogP contribution >= 0.6 is 0 Å². The fourth-order valence-corrected chi connectivity index (χ4v) is 1.49. The number of aryl methyl sites for hydroxylation is 1. The van der Waals surface area contributed by atoms with Crippen molar-refractivity contribution in [1.29, 1.82) is 0 Å². The molecule has 16 heavy (non-hydrogen) atoms. The zero-order valence-corrected chi connectivity index (χ0v) is 10.1. The molecule has 92 valence electrons. The third kappa shape index (κ3) is 4.69. The normalized spacial score (nSPS) is 11.7. The van der Waals surface area contributed by atoms with Gasteiger partial charge in [0, 0.05) is 0 Å². The molecule has 0 heterocycles. The number of benzene rings is 1. The number of para-hydroxylation sites is 1. The molecule has 0 aliphatic heterocycles. The predicted octanol–water partition coefficient (Wildman–Crippen LogP) is 4.84. The van der Waals surface area contributed by atoms with Crippen molar-refractivity contribution in [2.75, 3.05) is 0 Å². The summed E-state index contributed by atoms with van der Waals surface area (Å²) in [5, 5.41) is 0. The quantitative estimate of drug-likeness (QED) is 0.669. The van der Waals surface area contributed by atoms with Crippen molar-refractivity contribution in [3.8, 4) is 5.75 Å². The van der Waals surface area contributed by atoms with Gasteiger partial charge in [-0.05, 0) is 37.8 Å². The first-order valence-corrected chi connectivity index (χ1v) is 6.02. The van der Waals surface area contributed by atoms with Gasteiger partial charge in [-0.15, -0.1) is 0 Å². The SMILES string of the molecule is C.CCCCc1ccccc1O[C@@H](C)CC. The monoisotopic (exact) mass is 222 g/mol. The Morgan fingerprint density at radius 3 is 2.50 bits per heavy atom. The largest absolute Gasteiger partial charge is 0.490 e. The van der Waals surface area contributed by atoms with Gasteiger partial charge < -0.3 is 4.74 Å². The molecule has 1 heteroatoms. The van der Waals surface area contributed by atoms with Crippen LogP contribution < -0.4 is 4.74 Å². The highest BCUT2D eigenvalue weighted by atomic mass is 16.5. The Morgan fingerprint density at radius 1 is 1.19 bits per heavy atom. The smallest absolute Gasteiger partial charge is 0.122 e. The van der Waals surface area contributed by atoms with Crippen molar-refractivity contribution in [1.82, 2.24) is 0 Å². The number of unbranched alkanes of at least 4 members (excludes halogenated alkanes) is 1. The molecule has 0 N–H and O–H groups in total. The molecule has 1 rings (SSSR count). The molecule has 0 saturated carbocycles. The van der Waals surface area contributed by atoms with Gasteiger partial charge in [0.25, 0.3) is 0 Å². The van der Waals surface area contributed by atoms with E-state index in [9.17, 15) is 0 Å². The van der Waals surface area contributed by atoms with Gasteiger partial charge >= 0.3 is 0 Å². The molecule has 0 aliphatic carbocycles. The molecule has 1 atom stereocenters. The van der Waals surface area contributed by atoms with Gasteiger partial charge in [-0.1, -0.05) is 45.9 Å². The maximum atomic E-state index is 5.89. The third-order valence-electron chi connectivity index (χ3n) is 2.68. The van der Waals surface area contributed by atoms with Gasteiger partial charge in [0.15, 0.2) is 0 Å². The Hall–Kier alpha value is -0.980. The van der Waals surface area contributed by atoms with E-state index in [1.165, 1.54) is 18.4 Å². The van der Waals surface area contributed by atoms with Crippen LogP contribution in [0.25, 0.3) is 0 Å². The molecule has 0 amide bonds. The fraction of sp³-hybridized carbons (Fsp3) is 0.600. The number of ether oxygens (including phenoxy) is 1. The second kappa shape index (κ2) is 8.20. The minimum atomic E-state index is 0. The lowest BCUT2D eigenvalue weighted by molar-refractivity contribution is 0.215. The second-order valence-corrected chi connectivity index (χ2v) is 4.05. The Morgan fingerprint density at radius 2 is 1.88 bits per heavy atom. The summed E-state index contributed by atoms with van der Waals surface area (Å²) in [6, 6.07) is 8.39. The average molecular weight is 222 g/mol. The maximum Gasteiger partial charge on any atom is 0.122 e. The topological polar surface area (TPSA) is 9.23 Å². The van der Waals surface area contributed by atoms with Crippen LogP contribution in [0.15, 0.2) is 24.3 Å². The summed E-state index contributed by atoms with van der Waals surface area (Å²) in [5.41, 5.74) is 1.35. The second-order valence-electron chi connectivity index (χ2n) is 4.05. The molecule has 0 fully saturated rings. The van der Waals surface area contributed by atoms with Crippen LogP contribution in [-0.4, -0.2) is 6.10 Å². The van der Waals surface area contributed by atoms with Crippen LogP contribution in [0.1, 0.15) is 53.0 Å². The average Bonchev–Trinajstić information content (AvgIpc) is 2.28. The number of hydrogen-bond donors (Lipinski definition) is 0. The summed E-state index contributed by atoms with van der Waals surface area (Å²) in [6.45, 7) is 6.49. The summed E-state index contributed by atoms with van der Waals surface area (Å²) < 4.78 is 5.89. The van der Waals surface area contributed by atoms with E-state index in [0.717, 1.165) is 18.6 Å². The third-order valence-corrected chi connectivity index (χ3v) is 2.68. The summed E-state index contributed by atoms with van der Waals surface area (Å²) in [4.78, 5) is 0. The minimum absolute atomic E-state index is 0. The van der Waals surface area contributed by atoms with Crippen molar-refractivity contribution >= 4 is 0 Å². The van der Waals surface area contributed by atoms with Crippen molar-refractivity contribution in [3.63, 3.8) is 0 Å². The van der Waals surface area contributed by atoms with Gasteiger partial charge in [-0.3, -0.25) is 0 Å². The zero-order chi connectivity index (χ0) is 11.1. The number of hydrogen-bond acceptors (Lipinski definition) is 1. The molecule has 0 spiro atoms. The van der Waals surface area contributed by atoms with E-state index in [1.54, 1.807) is 0 Å². The van der Waals surface area contributed by atoms with Gasteiger partial charge in [0.05, 0.1) is 6.10 Å². The highest BCUT2D eigenvalue weighted by molar-refractivity contribution is 5.33. The summed E-state index contributed by atoms with van der Waals surface area (Å²) in [7, 11) is 0. The summed E-state index contributed by atoms with van der Waals surface area (Å²) in [6.07, 6.45) is 4.97. The highest BCUT2D eigenvalue weighted by Gasteiger charge is 2.05. The van der Waals surface area contributed by atoms with Crippen LogP contribution in [0, 0.1) is 0 Å². The molecule has 0 radical (unpaired) electrons. The van der Waals surface area contributed by atoms with Crippen LogP contribution in [0.3, 0.4) is 0 Å². The fourth-order valence-electron chi connectivity index (χ4n) is 1.49. The van der Waals surface area contributed by atoms with Crippen LogP contribution in [0.2, 0.25) is 0 Å². The van der Waals surface area contributed by atoms with Gasteiger partial charge in [-0.2, -0.15) is 0 Å². The Kier molecular flexibility index (Phi) is 7.70. The molecule has 1 aromatic rings. The van der Waals surface area contributed by atoms with Crippen molar-refractivity contribution in [2.45, 2.75) is 60.0 Å². The van der Waals surface area contributed by atoms with Gasteiger partial charge in [0.2, 0.25) is 0 Å². The lowest BCUT2D eigenvalue weighted by Crippen LogP contribution is -2.11. The van der Waals surface area contributed by atoms with E-state index < -0.39 is 0 Å². The van der Waals surface area contributed by atoms with E-state index in [1.807, 2.05) is 6.07 Å². The zero-order valence-electron chi connectivity index (χ0n) is 10.1. The molecule has 1 nitrogen and oxygen atoms in total. The van der Waals surface area contributed by atoms with E-state index >= 15 is 0 Å². The van der Waals surface area contributed by atoms with E-state index in [2.05, 4.69) is 39.0 Å². The molecule has 1 aromatic carbocycles. The molecular weight excluding hydrogens is 196 g/mol. The van der Waals surface area contributed by atoms with Crippen LogP contribution in [-0.2, 0) is 6.42 Å². The Labute approximate surface area is 101 Å². The first-order chi connectivity index (χ1) is 7.27. The van der Waals surface area contributed by atoms with E-state index in [-0.39, 0.29) is 7.43 Å². The summed E-state index contributed by atoms with van der Waals surface area (Å²) >= 11 is 0. The lowest BCUT2D eigenvalue weighted by Gasteiger charge is -2.15. The van der Waals surface area contributed by atoms with Crippen molar-refractivity contribution < 1.29 is 4.74 Å².